The third-order valence-electron chi connectivity index (χ3n) is 10.1. The zero-order valence-electron chi connectivity index (χ0n) is 24.6. The van der Waals surface area contributed by atoms with E-state index in [4.69, 9.17) is 9.47 Å². The molecular weight excluding hydrogens is 548 g/mol. The van der Waals surface area contributed by atoms with Gasteiger partial charge in [0.05, 0.1) is 24.6 Å². The molecule has 2 fully saturated rings. The molecule has 220 valence electrons. The average molecular weight is 583 g/mol. The van der Waals surface area contributed by atoms with Crippen LogP contribution in [-0.4, -0.2) is 23.9 Å². The van der Waals surface area contributed by atoms with Crippen molar-refractivity contribution in [2.75, 3.05) is 12.0 Å². The molecule has 4 aromatic carbocycles. The lowest BCUT2D eigenvalue weighted by Crippen LogP contribution is -2.39. The van der Waals surface area contributed by atoms with Crippen molar-refractivity contribution in [1.29, 1.82) is 0 Å². The summed E-state index contributed by atoms with van der Waals surface area (Å²) in [6.45, 7) is 0.484. The van der Waals surface area contributed by atoms with E-state index in [9.17, 15) is 9.59 Å². The normalized spacial score (nSPS) is 24.1. The van der Waals surface area contributed by atoms with Crippen molar-refractivity contribution in [3.8, 4) is 11.5 Å². The lowest BCUT2D eigenvalue weighted by atomic mass is 9.58. The van der Waals surface area contributed by atoms with E-state index in [2.05, 4.69) is 53.5 Å². The second-order valence-electron chi connectivity index (χ2n) is 12.3. The Hall–Kier alpha value is -4.84. The van der Waals surface area contributed by atoms with E-state index in [0.717, 1.165) is 47.2 Å². The topological polar surface area (TPSA) is 71.6 Å². The Labute approximate surface area is 256 Å². The van der Waals surface area contributed by atoms with Gasteiger partial charge in [0.15, 0.2) is 0 Å². The first-order valence-electron chi connectivity index (χ1n) is 15.5. The van der Waals surface area contributed by atoms with Gasteiger partial charge in [-0.2, -0.15) is 0 Å². The number of H-pyrrole nitrogens is 1. The van der Waals surface area contributed by atoms with Crippen LogP contribution in [-0.2, 0) is 16.2 Å². The third kappa shape index (κ3) is 4.31. The maximum atomic E-state index is 14.3. The molecule has 2 aliphatic carbocycles. The van der Waals surface area contributed by atoms with Crippen molar-refractivity contribution in [3.63, 3.8) is 0 Å². The van der Waals surface area contributed by atoms with E-state index < -0.39 is 11.8 Å². The lowest BCUT2D eigenvalue weighted by Gasteiger charge is -2.44. The maximum Gasteiger partial charge on any atom is 0.243 e. The number of amides is 2. The number of nitrogens with one attached hydrogen (secondary N) is 1. The van der Waals surface area contributed by atoms with Crippen molar-refractivity contribution in [2.24, 2.45) is 11.8 Å². The number of anilines is 1. The number of ether oxygens (including phenoxy) is 2. The minimum absolute atomic E-state index is 0.0547. The van der Waals surface area contributed by atoms with E-state index >= 15 is 0 Å². The zero-order chi connectivity index (χ0) is 29.8. The number of rotatable bonds is 6. The third-order valence-corrected chi connectivity index (χ3v) is 10.1. The molecule has 1 aromatic heterocycles. The predicted molar refractivity (Wildman–Crippen MR) is 170 cm³/mol. The number of carbonyl (C=O) groups excluding carboxylic acids is 2. The summed E-state index contributed by atoms with van der Waals surface area (Å²) in [4.78, 5) is 33.7. The minimum atomic E-state index is -0.545. The summed E-state index contributed by atoms with van der Waals surface area (Å²) >= 11 is 0. The van der Waals surface area contributed by atoms with Crippen LogP contribution in [0.25, 0.3) is 10.9 Å². The molecule has 6 nitrogen and oxygen atoms in total. The highest BCUT2D eigenvalue weighted by Gasteiger charge is 2.59. The van der Waals surface area contributed by atoms with Crippen LogP contribution in [0.5, 0.6) is 11.5 Å². The van der Waals surface area contributed by atoms with Gasteiger partial charge >= 0.3 is 0 Å². The second-order valence-corrected chi connectivity index (χ2v) is 12.3. The highest BCUT2D eigenvalue weighted by Crippen LogP contribution is 2.59. The fourth-order valence-electron chi connectivity index (χ4n) is 8.09. The summed E-state index contributed by atoms with van der Waals surface area (Å²) in [6, 6.07) is 34.2. The van der Waals surface area contributed by atoms with Crippen LogP contribution >= 0.6 is 0 Å². The smallest absolute Gasteiger partial charge is 0.243 e. The Morgan fingerprint density at radius 2 is 1.55 bits per heavy atom. The van der Waals surface area contributed by atoms with Gasteiger partial charge in [-0.05, 0) is 96.2 Å². The molecule has 5 aromatic rings. The Morgan fingerprint density at radius 1 is 0.818 bits per heavy atom. The summed E-state index contributed by atoms with van der Waals surface area (Å²) in [5.74, 6) is 0.874. The number of aromatic nitrogens is 1. The molecule has 5 atom stereocenters. The molecule has 6 heteroatoms. The maximum absolute atomic E-state index is 14.3. The number of hydrogen-bond donors (Lipinski definition) is 1. The highest BCUT2D eigenvalue weighted by atomic mass is 16.5. The van der Waals surface area contributed by atoms with Gasteiger partial charge in [0.2, 0.25) is 11.8 Å². The van der Waals surface area contributed by atoms with E-state index in [0.29, 0.717) is 24.0 Å². The standard InChI is InChI=1S/C38H34N2O4/c1-43-27-15-13-26(14-16-27)40-37(41)34-30-20-25(24-10-6-3-7-11-24)12-18-29(30)33-31-21-28(44-22-23-8-4-2-5-9-23)17-19-32(31)39-36(33)35(34)38(40)42/h2-11,13-17,19,21,25,29-30,34-35,39H,12,18,20,22H2,1H3/t25-,29+,30-,34-,35-/m0/s1. The van der Waals surface area contributed by atoms with E-state index in [-0.39, 0.29) is 23.7 Å². The molecule has 1 saturated heterocycles. The fourth-order valence-corrected chi connectivity index (χ4v) is 8.09. The van der Waals surface area contributed by atoms with Crippen molar-refractivity contribution in [1.82, 2.24) is 4.98 Å². The minimum Gasteiger partial charge on any atom is -0.497 e. The first kappa shape index (κ1) is 26.8. The summed E-state index contributed by atoms with van der Waals surface area (Å²) < 4.78 is 11.6. The quantitative estimate of drug-likeness (QED) is 0.208. The molecule has 0 bridgehead atoms. The molecule has 8 rings (SSSR count). The van der Waals surface area contributed by atoms with Crippen LogP contribution < -0.4 is 14.4 Å². The number of fused-ring (bicyclic) bond motifs is 8. The van der Waals surface area contributed by atoms with Gasteiger partial charge in [0, 0.05) is 16.6 Å². The first-order valence-corrected chi connectivity index (χ1v) is 15.5. The lowest BCUT2D eigenvalue weighted by molar-refractivity contribution is -0.123. The molecule has 0 spiro atoms. The van der Waals surface area contributed by atoms with Crippen LogP contribution in [0.2, 0.25) is 0 Å². The van der Waals surface area contributed by atoms with Gasteiger partial charge < -0.3 is 14.5 Å². The number of aromatic amines is 1. The van der Waals surface area contributed by atoms with Crippen LogP contribution in [0.1, 0.15) is 59.4 Å². The Balaban J connectivity index is 1.22. The number of hydrogen-bond acceptors (Lipinski definition) is 4. The molecule has 0 unspecified atom stereocenters. The van der Waals surface area contributed by atoms with Gasteiger partial charge in [-0.15, -0.1) is 0 Å². The molecule has 2 amide bonds. The fraction of sp³-hybridized carbons (Fsp3) is 0.263. The number of carbonyl (C=O) groups is 2. The van der Waals surface area contributed by atoms with Gasteiger partial charge in [-0.1, -0.05) is 60.7 Å². The Kier molecular flexibility index (Phi) is 6.51. The van der Waals surface area contributed by atoms with Crippen LogP contribution in [0.3, 0.4) is 0 Å². The highest BCUT2D eigenvalue weighted by molar-refractivity contribution is 6.24. The molecule has 1 saturated carbocycles. The number of methoxy groups -OCH3 is 1. The summed E-state index contributed by atoms with van der Waals surface area (Å²) in [7, 11) is 1.61. The monoisotopic (exact) mass is 582 g/mol. The first-order chi connectivity index (χ1) is 21.6. The summed E-state index contributed by atoms with van der Waals surface area (Å²) in [5.41, 5.74) is 6.10. The van der Waals surface area contributed by atoms with E-state index in [1.165, 1.54) is 16.0 Å². The van der Waals surface area contributed by atoms with Gasteiger partial charge in [0.1, 0.15) is 18.1 Å². The summed E-state index contributed by atoms with van der Waals surface area (Å²) in [6.07, 6.45) is 2.89. The molecule has 2 heterocycles. The van der Waals surface area contributed by atoms with Gasteiger partial charge in [-0.25, -0.2) is 4.90 Å². The van der Waals surface area contributed by atoms with Crippen LogP contribution in [0, 0.1) is 11.8 Å². The van der Waals surface area contributed by atoms with Crippen LogP contribution in [0.15, 0.2) is 103 Å². The van der Waals surface area contributed by atoms with Crippen molar-refractivity contribution in [2.45, 2.75) is 43.6 Å². The largest absolute Gasteiger partial charge is 0.497 e. The zero-order valence-corrected chi connectivity index (χ0v) is 24.6. The molecule has 0 radical (unpaired) electrons. The Bertz CT molecular complexity index is 1850. The second kappa shape index (κ2) is 10.7. The van der Waals surface area contributed by atoms with Crippen molar-refractivity contribution in [3.05, 3.63) is 126 Å². The van der Waals surface area contributed by atoms with Gasteiger partial charge in [-0.3, -0.25) is 9.59 Å². The SMILES string of the molecule is COc1ccc(N2C(=O)[C@H]3[C@H]4C[C@@H](c5ccccc5)CC[C@H]4c4c([nH]c5ccc(OCc6ccccc6)cc45)[C@H]3C2=O)cc1. The molecule has 3 aliphatic rings. The molecule has 1 aliphatic heterocycles. The molecule has 44 heavy (non-hydrogen) atoms. The van der Waals surface area contributed by atoms with Crippen molar-refractivity contribution < 1.29 is 19.1 Å². The van der Waals surface area contributed by atoms with Crippen molar-refractivity contribution >= 4 is 28.4 Å². The van der Waals surface area contributed by atoms with Gasteiger partial charge in [0.25, 0.3) is 0 Å². The number of imide groups is 1. The predicted octanol–water partition coefficient (Wildman–Crippen LogP) is 7.71. The number of benzene rings is 4. The van der Waals surface area contributed by atoms with Crippen LogP contribution in [0.4, 0.5) is 5.69 Å². The molecular formula is C38H34N2O4. The average Bonchev–Trinajstić information content (AvgIpc) is 3.58. The van der Waals surface area contributed by atoms with E-state index in [1.54, 1.807) is 31.4 Å². The number of nitrogens with zero attached hydrogens (tertiary/aromatic N) is 1. The summed E-state index contributed by atoms with van der Waals surface area (Å²) in [5, 5.41) is 1.10. The van der Waals surface area contributed by atoms with E-state index in [1.807, 2.05) is 30.3 Å². The molecule has 1 N–H and O–H groups in total. The Morgan fingerprint density at radius 3 is 2.30 bits per heavy atom.